The lowest BCUT2D eigenvalue weighted by Gasteiger charge is -2.26. The fraction of sp³-hybridized carbons (Fsp3) is 0.344. The van der Waals surface area contributed by atoms with Crippen molar-refractivity contribution in [1.82, 2.24) is 14.9 Å². The Morgan fingerprint density at radius 2 is 1.80 bits per heavy atom. The number of nitrogens with one attached hydrogen (secondary N) is 1. The SMILES string of the molecule is CCOc1cc(N)ncc1C=O.CNc1cc(F)c(Oc2ccnc3cc(OCCCN4CCOCC4)c(OC)cc23)cc1F. The standard InChI is InChI=1S/C24H27F2N3O4.C8H10N2O2/c1-27-20-13-18(26)22(14-17(20)25)33-21-4-5-28-19-15-24(23(30-2)12-16(19)21)32-9-3-6-29-7-10-31-11-8-29;1-2-12-7-3-8(9)10-4-6(7)5-11/h4-5,12-15,27H,3,6-11H2,1-2H3;3-5H,2H2,1H3,(H2,9,10). The first-order valence-electron chi connectivity index (χ1n) is 14.4. The summed E-state index contributed by atoms with van der Waals surface area (Å²) >= 11 is 0. The van der Waals surface area contributed by atoms with Crippen LogP contribution in [-0.4, -0.2) is 81.4 Å². The van der Waals surface area contributed by atoms with E-state index in [9.17, 15) is 13.6 Å². The van der Waals surface area contributed by atoms with Gasteiger partial charge in [0.25, 0.3) is 0 Å². The highest BCUT2D eigenvalue weighted by Crippen LogP contribution is 2.38. The quantitative estimate of drug-likeness (QED) is 0.156. The number of pyridine rings is 2. The maximum absolute atomic E-state index is 14.4. The van der Waals surface area contributed by atoms with E-state index < -0.39 is 11.6 Å². The number of anilines is 2. The molecule has 0 atom stereocenters. The van der Waals surface area contributed by atoms with Crippen LogP contribution >= 0.6 is 0 Å². The zero-order valence-electron chi connectivity index (χ0n) is 25.5. The average molecular weight is 626 g/mol. The molecule has 13 heteroatoms. The molecular formula is C32H37F2N5O6. The molecule has 3 heterocycles. The first-order valence-corrected chi connectivity index (χ1v) is 14.4. The third-order valence-corrected chi connectivity index (χ3v) is 6.82. The average Bonchev–Trinajstić information content (AvgIpc) is 3.05. The Labute approximate surface area is 260 Å². The lowest BCUT2D eigenvalue weighted by Crippen LogP contribution is -2.37. The number of benzene rings is 2. The summed E-state index contributed by atoms with van der Waals surface area (Å²) in [7, 11) is 3.06. The summed E-state index contributed by atoms with van der Waals surface area (Å²) < 4.78 is 56.2. The van der Waals surface area contributed by atoms with Gasteiger partial charge >= 0.3 is 0 Å². The predicted molar refractivity (Wildman–Crippen MR) is 167 cm³/mol. The number of rotatable bonds is 12. The molecule has 0 spiro atoms. The summed E-state index contributed by atoms with van der Waals surface area (Å²) in [4.78, 5) is 20.9. The van der Waals surface area contributed by atoms with Crippen molar-refractivity contribution >= 4 is 28.7 Å². The van der Waals surface area contributed by atoms with Gasteiger partial charge in [0.2, 0.25) is 0 Å². The van der Waals surface area contributed by atoms with Crippen LogP contribution in [0.4, 0.5) is 20.3 Å². The van der Waals surface area contributed by atoms with Crippen LogP contribution in [0.25, 0.3) is 10.9 Å². The fourth-order valence-electron chi connectivity index (χ4n) is 4.53. The Hall–Kier alpha value is -4.75. The molecule has 240 valence electrons. The molecule has 0 unspecified atom stereocenters. The third kappa shape index (κ3) is 8.89. The van der Waals surface area contributed by atoms with Crippen LogP contribution in [0.1, 0.15) is 23.7 Å². The molecule has 0 bridgehead atoms. The van der Waals surface area contributed by atoms with Crippen LogP contribution in [0, 0.1) is 11.6 Å². The fourth-order valence-corrected chi connectivity index (χ4v) is 4.53. The van der Waals surface area contributed by atoms with Crippen molar-refractivity contribution < 1.29 is 37.3 Å². The highest BCUT2D eigenvalue weighted by atomic mass is 19.1. The monoisotopic (exact) mass is 625 g/mol. The molecule has 1 aliphatic rings. The number of halogens is 2. The second-order valence-electron chi connectivity index (χ2n) is 9.80. The molecule has 5 rings (SSSR count). The van der Waals surface area contributed by atoms with E-state index in [2.05, 4.69) is 20.2 Å². The van der Waals surface area contributed by atoms with Crippen molar-refractivity contribution in [2.45, 2.75) is 13.3 Å². The van der Waals surface area contributed by atoms with E-state index in [1.807, 2.05) is 6.92 Å². The van der Waals surface area contributed by atoms with Crippen molar-refractivity contribution in [2.24, 2.45) is 0 Å². The van der Waals surface area contributed by atoms with Crippen molar-refractivity contribution in [1.29, 1.82) is 0 Å². The van der Waals surface area contributed by atoms with Gasteiger partial charge in [0.05, 0.1) is 50.3 Å². The van der Waals surface area contributed by atoms with Crippen LogP contribution in [0.3, 0.4) is 0 Å². The number of carbonyl (C=O) groups is 1. The van der Waals surface area contributed by atoms with E-state index in [0.717, 1.165) is 51.4 Å². The van der Waals surface area contributed by atoms with Crippen LogP contribution in [-0.2, 0) is 4.74 Å². The Bertz CT molecular complexity index is 1590. The summed E-state index contributed by atoms with van der Waals surface area (Å²) in [6.07, 6.45) is 4.50. The van der Waals surface area contributed by atoms with Crippen LogP contribution in [0.5, 0.6) is 28.7 Å². The second-order valence-corrected chi connectivity index (χ2v) is 9.80. The zero-order chi connectivity index (χ0) is 32.2. The minimum atomic E-state index is -0.683. The molecule has 2 aromatic carbocycles. The molecule has 0 saturated carbocycles. The van der Waals surface area contributed by atoms with Gasteiger partial charge in [-0.1, -0.05) is 0 Å². The van der Waals surface area contributed by atoms with E-state index in [1.165, 1.54) is 19.3 Å². The Morgan fingerprint density at radius 1 is 1.00 bits per heavy atom. The smallest absolute Gasteiger partial charge is 0.167 e. The summed E-state index contributed by atoms with van der Waals surface area (Å²) in [6.45, 7) is 7.22. The Kier molecular flexibility index (Phi) is 12.0. The highest BCUT2D eigenvalue weighted by molar-refractivity contribution is 5.88. The van der Waals surface area contributed by atoms with Crippen molar-refractivity contribution in [2.75, 3.05) is 71.3 Å². The molecule has 3 N–H and O–H groups in total. The van der Waals surface area contributed by atoms with Gasteiger partial charge in [-0.2, -0.15) is 0 Å². The molecule has 45 heavy (non-hydrogen) atoms. The number of nitrogens with zero attached hydrogens (tertiary/aromatic N) is 3. The van der Waals surface area contributed by atoms with Gasteiger partial charge in [-0.05, 0) is 25.5 Å². The second kappa shape index (κ2) is 16.4. The minimum Gasteiger partial charge on any atom is -0.493 e. The maximum atomic E-state index is 14.4. The first-order chi connectivity index (χ1) is 21.9. The molecule has 4 aromatic rings. The van der Waals surface area contributed by atoms with Gasteiger partial charge in [-0.25, -0.2) is 13.8 Å². The number of hydrogen-bond donors (Lipinski definition) is 2. The number of aldehydes is 1. The van der Waals surface area contributed by atoms with Crippen LogP contribution in [0.2, 0.25) is 0 Å². The number of hydrogen-bond acceptors (Lipinski definition) is 11. The lowest BCUT2D eigenvalue weighted by molar-refractivity contribution is 0.0357. The number of morpholine rings is 1. The van der Waals surface area contributed by atoms with E-state index in [4.69, 9.17) is 29.4 Å². The van der Waals surface area contributed by atoms with E-state index in [1.54, 1.807) is 31.5 Å². The minimum absolute atomic E-state index is 0.0523. The molecule has 0 amide bonds. The molecule has 1 saturated heterocycles. The number of methoxy groups -OCH3 is 1. The highest BCUT2D eigenvalue weighted by Gasteiger charge is 2.16. The Morgan fingerprint density at radius 3 is 2.51 bits per heavy atom. The molecule has 1 fully saturated rings. The number of fused-ring (bicyclic) bond motifs is 1. The van der Waals surface area contributed by atoms with Gasteiger partial charge in [-0.3, -0.25) is 14.7 Å². The maximum Gasteiger partial charge on any atom is 0.167 e. The summed E-state index contributed by atoms with van der Waals surface area (Å²) in [6, 6.07) is 8.68. The largest absolute Gasteiger partial charge is 0.493 e. The van der Waals surface area contributed by atoms with Gasteiger partial charge in [0, 0.05) is 68.7 Å². The summed E-state index contributed by atoms with van der Waals surface area (Å²) in [5.41, 5.74) is 6.47. The van der Waals surface area contributed by atoms with Gasteiger partial charge < -0.3 is 34.7 Å². The molecule has 0 radical (unpaired) electrons. The number of nitrogens with two attached hydrogens (primary N) is 1. The molecule has 11 nitrogen and oxygen atoms in total. The topological polar surface area (TPSA) is 130 Å². The summed E-state index contributed by atoms with van der Waals surface area (Å²) in [5, 5.41) is 3.19. The predicted octanol–water partition coefficient (Wildman–Crippen LogP) is 5.33. The molecular weight excluding hydrogens is 588 g/mol. The van der Waals surface area contributed by atoms with Gasteiger partial charge in [0.15, 0.2) is 29.4 Å². The lowest BCUT2D eigenvalue weighted by atomic mass is 10.1. The zero-order valence-corrected chi connectivity index (χ0v) is 25.5. The van der Waals surface area contributed by atoms with Gasteiger partial charge in [0.1, 0.15) is 23.1 Å². The normalized spacial score (nSPS) is 13.0. The molecule has 0 aliphatic carbocycles. The van der Waals surface area contributed by atoms with Crippen molar-refractivity contribution in [3.8, 4) is 28.7 Å². The molecule has 1 aliphatic heterocycles. The summed E-state index contributed by atoms with van der Waals surface area (Å²) in [5.74, 6) is 0.713. The van der Waals surface area contributed by atoms with E-state index >= 15 is 0 Å². The van der Waals surface area contributed by atoms with Crippen molar-refractivity contribution in [3.05, 3.63) is 66.0 Å². The number of aromatic nitrogens is 2. The number of ether oxygens (including phenoxy) is 5. The number of nitrogen functional groups attached to an aromatic ring is 1. The van der Waals surface area contributed by atoms with E-state index in [0.29, 0.717) is 64.8 Å². The molecule has 2 aromatic heterocycles. The first kappa shape index (κ1) is 33.1. The van der Waals surface area contributed by atoms with E-state index in [-0.39, 0.29) is 11.4 Å². The third-order valence-electron chi connectivity index (χ3n) is 6.82. The van der Waals surface area contributed by atoms with Crippen LogP contribution in [0.15, 0.2) is 48.8 Å². The van der Waals surface area contributed by atoms with Crippen molar-refractivity contribution in [3.63, 3.8) is 0 Å². The number of carbonyl (C=O) groups excluding carboxylic acids is 1. The van der Waals surface area contributed by atoms with Crippen LogP contribution < -0.4 is 30.0 Å². The Balaban J connectivity index is 0.000000323. The van der Waals surface area contributed by atoms with Gasteiger partial charge in [-0.15, -0.1) is 0 Å².